The largest absolute Gasteiger partial charge is 0.463 e. The highest BCUT2D eigenvalue weighted by Crippen LogP contribution is 2.33. The van der Waals surface area contributed by atoms with Gasteiger partial charge in [-0.15, -0.1) is 13.2 Å². The summed E-state index contributed by atoms with van der Waals surface area (Å²) in [4.78, 5) is 10.3. The third-order valence-corrected chi connectivity index (χ3v) is 2.82. The molecule has 5 heteroatoms. The molecular weight excluding hydrogens is 262 g/mol. The van der Waals surface area contributed by atoms with Crippen LogP contribution in [0.4, 0.5) is 5.69 Å². The first-order valence-corrected chi connectivity index (χ1v) is 6.16. The van der Waals surface area contributed by atoms with Crippen LogP contribution in [0.3, 0.4) is 0 Å². The Bertz CT molecular complexity index is 556. The Morgan fingerprint density at radius 3 is 2.58 bits per heavy atom. The zero-order valence-corrected chi connectivity index (χ0v) is 11.2. The molecule has 2 aromatic heterocycles. The van der Waals surface area contributed by atoms with Crippen molar-refractivity contribution in [2.75, 3.05) is 18.0 Å². The van der Waals surface area contributed by atoms with Crippen LogP contribution in [-0.4, -0.2) is 23.1 Å². The average Bonchev–Trinajstić information content (AvgIpc) is 2.92. The van der Waals surface area contributed by atoms with Gasteiger partial charge in [-0.3, -0.25) is 0 Å². The van der Waals surface area contributed by atoms with Crippen molar-refractivity contribution in [2.45, 2.75) is 0 Å². The first kappa shape index (κ1) is 13.4. The predicted molar refractivity (Wildman–Crippen MR) is 77.4 cm³/mol. The van der Waals surface area contributed by atoms with Crippen molar-refractivity contribution >= 4 is 17.3 Å². The predicted octanol–water partition coefficient (Wildman–Crippen LogP) is 3.57. The zero-order valence-electron chi connectivity index (χ0n) is 10.4. The molecule has 0 aliphatic heterocycles. The van der Waals surface area contributed by atoms with E-state index in [0.717, 1.165) is 5.69 Å². The maximum Gasteiger partial charge on any atom is 0.156 e. The number of hydrogen-bond donors (Lipinski definition) is 0. The molecule has 2 aromatic rings. The summed E-state index contributed by atoms with van der Waals surface area (Å²) in [6.45, 7) is 8.73. The Morgan fingerprint density at radius 2 is 2.00 bits per heavy atom. The van der Waals surface area contributed by atoms with E-state index in [2.05, 4.69) is 23.1 Å². The summed E-state index contributed by atoms with van der Waals surface area (Å²) in [6.07, 6.45) is 6.60. The fourth-order valence-electron chi connectivity index (χ4n) is 1.80. The van der Waals surface area contributed by atoms with Crippen LogP contribution >= 0.6 is 11.6 Å². The average molecular weight is 276 g/mol. The van der Waals surface area contributed by atoms with Crippen LogP contribution in [0.15, 0.2) is 54.5 Å². The fourth-order valence-corrected chi connectivity index (χ4v) is 2.05. The van der Waals surface area contributed by atoms with Crippen molar-refractivity contribution < 1.29 is 4.42 Å². The molecule has 0 fully saturated rings. The molecule has 0 unspecified atom stereocenters. The molecule has 0 saturated heterocycles. The van der Waals surface area contributed by atoms with Gasteiger partial charge in [-0.25, -0.2) is 9.97 Å². The molecule has 0 atom stereocenters. The molecule has 0 amide bonds. The molecule has 0 aromatic carbocycles. The number of halogens is 1. The Hall–Kier alpha value is -2.07. The van der Waals surface area contributed by atoms with Crippen molar-refractivity contribution in [3.05, 3.63) is 55.2 Å². The maximum absolute atomic E-state index is 6.21. The molecule has 0 aliphatic carbocycles. The van der Waals surface area contributed by atoms with Crippen molar-refractivity contribution in [1.29, 1.82) is 0 Å². The topological polar surface area (TPSA) is 42.2 Å². The quantitative estimate of drug-likeness (QED) is 0.597. The van der Waals surface area contributed by atoms with Gasteiger partial charge in [-0.05, 0) is 12.1 Å². The van der Waals surface area contributed by atoms with Gasteiger partial charge in [0.15, 0.2) is 10.9 Å². The highest BCUT2D eigenvalue weighted by molar-refractivity contribution is 6.32. The van der Waals surface area contributed by atoms with Crippen LogP contribution in [0.2, 0.25) is 5.15 Å². The van der Waals surface area contributed by atoms with Gasteiger partial charge < -0.3 is 9.32 Å². The van der Waals surface area contributed by atoms with E-state index in [0.29, 0.717) is 29.7 Å². The van der Waals surface area contributed by atoms with E-state index in [4.69, 9.17) is 16.0 Å². The van der Waals surface area contributed by atoms with E-state index in [1.165, 1.54) is 6.33 Å². The van der Waals surface area contributed by atoms with Crippen molar-refractivity contribution in [1.82, 2.24) is 9.97 Å². The summed E-state index contributed by atoms with van der Waals surface area (Å²) in [5.41, 5.74) is 1.38. The van der Waals surface area contributed by atoms with Gasteiger partial charge in [0.2, 0.25) is 0 Å². The molecule has 0 N–H and O–H groups in total. The van der Waals surface area contributed by atoms with Crippen LogP contribution < -0.4 is 4.90 Å². The van der Waals surface area contributed by atoms with Crippen molar-refractivity contribution in [2.24, 2.45) is 0 Å². The lowest BCUT2D eigenvalue weighted by molar-refractivity contribution is 0.579. The van der Waals surface area contributed by atoms with Gasteiger partial charge in [-0.1, -0.05) is 23.8 Å². The standard InChI is InChI=1S/C14H14ClN3O/c1-3-7-18(8-4-2)13-12(11-6-5-9-19-11)16-10-17-14(13)15/h3-6,9-10H,1-2,7-8H2. The summed E-state index contributed by atoms with van der Waals surface area (Å²) >= 11 is 6.21. The Morgan fingerprint density at radius 1 is 1.26 bits per heavy atom. The zero-order chi connectivity index (χ0) is 13.7. The number of hydrogen-bond acceptors (Lipinski definition) is 4. The number of anilines is 1. The molecule has 19 heavy (non-hydrogen) atoms. The Labute approximate surface area is 117 Å². The second-order valence-electron chi connectivity index (χ2n) is 3.82. The van der Waals surface area contributed by atoms with E-state index < -0.39 is 0 Å². The second-order valence-corrected chi connectivity index (χ2v) is 4.18. The van der Waals surface area contributed by atoms with Gasteiger partial charge in [0.1, 0.15) is 17.7 Å². The van der Waals surface area contributed by atoms with Gasteiger partial charge in [-0.2, -0.15) is 0 Å². The lowest BCUT2D eigenvalue weighted by Gasteiger charge is -2.23. The fraction of sp³-hybridized carbons (Fsp3) is 0.143. The maximum atomic E-state index is 6.21. The number of aromatic nitrogens is 2. The van der Waals surface area contributed by atoms with Gasteiger partial charge in [0.25, 0.3) is 0 Å². The molecule has 0 saturated carbocycles. The highest BCUT2D eigenvalue weighted by Gasteiger charge is 2.18. The van der Waals surface area contributed by atoms with Crippen LogP contribution in [0, 0.1) is 0 Å². The molecular formula is C14H14ClN3O. The lowest BCUT2D eigenvalue weighted by Crippen LogP contribution is -2.24. The first-order valence-electron chi connectivity index (χ1n) is 5.79. The number of furan rings is 1. The summed E-state index contributed by atoms with van der Waals surface area (Å²) < 4.78 is 5.39. The van der Waals surface area contributed by atoms with E-state index in [-0.39, 0.29) is 0 Å². The van der Waals surface area contributed by atoms with E-state index in [9.17, 15) is 0 Å². The Kier molecular flexibility index (Phi) is 4.36. The SMILES string of the molecule is C=CCN(CC=C)c1c(Cl)ncnc1-c1ccco1. The summed E-state index contributed by atoms with van der Waals surface area (Å²) in [5, 5.41) is 0.380. The second kappa shape index (κ2) is 6.20. The molecule has 2 rings (SSSR count). The van der Waals surface area contributed by atoms with Gasteiger partial charge in [0.05, 0.1) is 6.26 Å². The lowest BCUT2D eigenvalue weighted by atomic mass is 10.2. The minimum Gasteiger partial charge on any atom is -0.463 e. The van der Waals surface area contributed by atoms with E-state index in [1.54, 1.807) is 24.5 Å². The first-order chi connectivity index (χ1) is 9.27. The van der Waals surface area contributed by atoms with Crippen molar-refractivity contribution in [3.63, 3.8) is 0 Å². The number of nitrogens with zero attached hydrogens (tertiary/aromatic N) is 3. The van der Waals surface area contributed by atoms with Gasteiger partial charge >= 0.3 is 0 Å². The summed E-state index contributed by atoms with van der Waals surface area (Å²) in [6, 6.07) is 3.64. The van der Waals surface area contributed by atoms with Crippen molar-refractivity contribution in [3.8, 4) is 11.5 Å². The molecule has 0 aliphatic rings. The van der Waals surface area contributed by atoms with Crippen LogP contribution in [-0.2, 0) is 0 Å². The third-order valence-electron chi connectivity index (χ3n) is 2.55. The smallest absolute Gasteiger partial charge is 0.156 e. The van der Waals surface area contributed by atoms with E-state index >= 15 is 0 Å². The molecule has 2 heterocycles. The molecule has 98 valence electrons. The molecule has 0 bridgehead atoms. The third kappa shape index (κ3) is 2.85. The van der Waals surface area contributed by atoms with Crippen LogP contribution in [0.5, 0.6) is 0 Å². The monoisotopic (exact) mass is 275 g/mol. The molecule has 0 spiro atoms. The minimum atomic E-state index is 0.380. The Balaban J connectivity index is 2.53. The highest BCUT2D eigenvalue weighted by atomic mass is 35.5. The number of rotatable bonds is 6. The minimum absolute atomic E-state index is 0.380. The van der Waals surface area contributed by atoms with E-state index in [1.807, 2.05) is 11.0 Å². The summed E-state index contributed by atoms with van der Waals surface area (Å²) in [7, 11) is 0. The molecule has 0 radical (unpaired) electrons. The summed E-state index contributed by atoms with van der Waals surface area (Å²) in [5.74, 6) is 0.650. The normalized spacial score (nSPS) is 10.2. The molecule has 4 nitrogen and oxygen atoms in total. The van der Waals surface area contributed by atoms with Crippen LogP contribution in [0.25, 0.3) is 11.5 Å². The van der Waals surface area contributed by atoms with Gasteiger partial charge in [0, 0.05) is 13.1 Å². The van der Waals surface area contributed by atoms with Crippen LogP contribution in [0.1, 0.15) is 0 Å².